The molecule has 1 aromatic heterocycles. The number of carbonyl (C=O) groups excluding carboxylic acids is 1. The quantitative estimate of drug-likeness (QED) is 0.619. The molecule has 0 saturated heterocycles. The number of hydrogen-bond acceptors (Lipinski definition) is 2. The lowest BCUT2D eigenvalue weighted by molar-refractivity contribution is 0.0994. The van der Waals surface area contributed by atoms with Crippen molar-refractivity contribution in [3.8, 4) is 0 Å². The van der Waals surface area contributed by atoms with Gasteiger partial charge in [0.1, 0.15) is 0 Å². The number of carbonyl (C=O) groups is 1. The van der Waals surface area contributed by atoms with Gasteiger partial charge in [-0.2, -0.15) is 0 Å². The molecule has 0 fully saturated rings. The van der Waals surface area contributed by atoms with E-state index in [0.717, 1.165) is 14.0 Å². The van der Waals surface area contributed by atoms with Crippen LogP contribution in [0.3, 0.4) is 0 Å². The molecule has 0 unspecified atom stereocenters. The van der Waals surface area contributed by atoms with E-state index in [2.05, 4.69) is 22.6 Å². The molecule has 76 valence electrons. The maximum Gasteiger partial charge on any atom is 0.168 e. The Labute approximate surface area is 106 Å². The molecule has 1 heterocycles. The van der Waals surface area contributed by atoms with Crippen LogP contribution in [0.2, 0.25) is 0 Å². The van der Waals surface area contributed by atoms with Gasteiger partial charge >= 0.3 is 0 Å². The Balaban J connectivity index is 2.15. The van der Waals surface area contributed by atoms with E-state index in [1.807, 2.05) is 41.8 Å². The van der Waals surface area contributed by atoms with Crippen molar-refractivity contribution in [3.05, 3.63) is 55.8 Å². The zero-order valence-electron chi connectivity index (χ0n) is 7.94. The van der Waals surface area contributed by atoms with Gasteiger partial charge in [0.05, 0.1) is 0 Å². The van der Waals surface area contributed by atoms with Crippen LogP contribution in [-0.2, 0) is 6.42 Å². The molecule has 0 aliphatic heterocycles. The highest BCUT2D eigenvalue weighted by Crippen LogP contribution is 2.14. The average Bonchev–Trinajstić information content (AvgIpc) is 2.70. The lowest BCUT2D eigenvalue weighted by Crippen LogP contribution is -2.02. The number of hydrogen-bond donors (Lipinski definition) is 0. The summed E-state index contributed by atoms with van der Waals surface area (Å²) < 4.78 is 1.10. The van der Waals surface area contributed by atoms with Gasteiger partial charge in [0.25, 0.3) is 0 Å². The first-order valence-corrected chi connectivity index (χ1v) is 6.53. The van der Waals surface area contributed by atoms with Crippen molar-refractivity contribution < 1.29 is 4.79 Å². The van der Waals surface area contributed by atoms with Gasteiger partial charge in [0, 0.05) is 20.4 Å². The first kappa shape index (κ1) is 10.8. The van der Waals surface area contributed by atoms with Gasteiger partial charge in [0.2, 0.25) is 0 Å². The third kappa shape index (κ3) is 2.89. The number of rotatable bonds is 3. The van der Waals surface area contributed by atoms with Gasteiger partial charge in [-0.15, -0.1) is 11.3 Å². The minimum Gasteiger partial charge on any atom is -0.294 e. The zero-order valence-corrected chi connectivity index (χ0v) is 10.9. The summed E-state index contributed by atoms with van der Waals surface area (Å²) in [5, 5.41) is 2.00. The van der Waals surface area contributed by atoms with E-state index < -0.39 is 0 Å². The monoisotopic (exact) mass is 328 g/mol. The van der Waals surface area contributed by atoms with Crippen LogP contribution in [0.25, 0.3) is 0 Å². The fourth-order valence-corrected chi connectivity index (χ4v) is 2.58. The number of halogens is 1. The van der Waals surface area contributed by atoms with Gasteiger partial charge < -0.3 is 0 Å². The molecule has 0 N–H and O–H groups in total. The second-order valence-electron chi connectivity index (χ2n) is 3.19. The van der Waals surface area contributed by atoms with Gasteiger partial charge in [-0.25, -0.2) is 0 Å². The lowest BCUT2D eigenvalue weighted by atomic mass is 10.1. The van der Waals surface area contributed by atoms with Crippen molar-refractivity contribution in [2.45, 2.75) is 6.42 Å². The predicted molar refractivity (Wildman–Crippen MR) is 71.5 cm³/mol. The van der Waals surface area contributed by atoms with E-state index in [0.29, 0.717) is 6.42 Å². The second kappa shape index (κ2) is 4.90. The standard InChI is InChI=1S/C12H9IOS/c13-10-4-1-3-9(7-10)12(14)8-11-5-2-6-15-11/h1-7H,8H2. The molecular weight excluding hydrogens is 319 g/mol. The van der Waals surface area contributed by atoms with Crippen LogP contribution in [0.1, 0.15) is 15.2 Å². The Kier molecular flexibility index (Phi) is 3.53. The topological polar surface area (TPSA) is 17.1 Å². The minimum absolute atomic E-state index is 0.191. The molecule has 1 nitrogen and oxygen atoms in total. The minimum atomic E-state index is 0.191. The summed E-state index contributed by atoms with van der Waals surface area (Å²) in [4.78, 5) is 13.0. The Morgan fingerprint density at radius 2 is 2.13 bits per heavy atom. The molecule has 0 bridgehead atoms. The molecule has 0 amide bonds. The van der Waals surface area contributed by atoms with E-state index >= 15 is 0 Å². The van der Waals surface area contributed by atoms with Crippen LogP contribution >= 0.6 is 33.9 Å². The summed E-state index contributed by atoms with van der Waals surface area (Å²) >= 11 is 3.85. The summed E-state index contributed by atoms with van der Waals surface area (Å²) in [5.41, 5.74) is 0.801. The summed E-state index contributed by atoms with van der Waals surface area (Å²) in [5.74, 6) is 0.191. The summed E-state index contributed by atoms with van der Waals surface area (Å²) in [7, 11) is 0. The number of ketones is 1. The van der Waals surface area contributed by atoms with Crippen molar-refractivity contribution in [2.24, 2.45) is 0 Å². The fourth-order valence-electron chi connectivity index (χ4n) is 1.34. The van der Waals surface area contributed by atoms with Crippen molar-refractivity contribution in [1.82, 2.24) is 0 Å². The van der Waals surface area contributed by atoms with Crippen LogP contribution in [0, 0.1) is 3.57 Å². The largest absolute Gasteiger partial charge is 0.294 e. The molecule has 1 aromatic carbocycles. The zero-order chi connectivity index (χ0) is 10.7. The predicted octanol–water partition coefficient (Wildman–Crippen LogP) is 3.78. The van der Waals surface area contributed by atoms with Crippen LogP contribution in [-0.4, -0.2) is 5.78 Å². The van der Waals surface area contributed by atoms with Crippen LogP contribution in [0.5, 0.6) is 0 Å². The normalized spacial score (nSPS) is 10.2. The highest BCUT2D eigenvalue weighted by atomic mass is 127. The SMILES string of the molecule is O=C(Cc1cccs1)c1cccc(I)c1. The van der Waals surface area contributed by atoms with Crippen LogP contribution < -0.4 is 0 Å². The van der Waals surface area contributed by atoms with E-state index in [1.165, 1.54) is 0 Å². The second-order valence-corrected chi connectivity index (χ2v) is 5.47. The van der Waals surface area contributed by atoms with Gasteiger partial charge in [-0.05, 0) is 46.2 Å². The maximum absolute atomic E-state index is 11.9. The number of Topliss-reactive ketones (excluding diaryl/α,β-unsaturated/α-hetero) is 1. The van der Waals surface area contributed by atoms with Gasteiger partial charge in [-0.1, -0.05) is 18.2 Å². The molecule has 0 radical (unpaired) electrons. The summed E-state index contributed by atoms with van der Waals surface area (Å²) in [6, 6.07) is 11.7. The Morgan fingerprint density at radius 3 is 2.80 bits per heavy atom. The molecule has 3 heteroatoms. The summed E-state index contributed by atoms with van der Waals surface area (Å²) in [6.07, 6.45) is 0.512. The highest BCUT2D eigenvalue weighted by Gasteiger charge is 2.07. The molecule has 0 spiro atoms. The third-order valence-electron chi connectivity index (χ3n) is 2.06. The average molecular weight is 328 g/mol. The molecule has 2 aromatic rings. The molecule has 0 atom stereocenters. The molecule has 0 aliphatic rings. The van der Waals surface area contributed by atoms with Crippen molar-refractivity contribution >= 4 is 39.7 Å². The van der Waals surface area contributed by atoms with E-state index in [9.17, 15) is 4.79 Å². The van der Waals surface area contributed by atoms with Gasteiger partial charge in [-0.3, -0.25) is 4.79 Å². The third-order valence-corrected chi connectivity index (χ3v) is 3.61. The van der Waals surface area contributed by atoms with Crippen molar-refractivity contribution in [2.75, 3.05) is 0 Å². The van der Waals surface area contributed by atoms with Crippen molar-refractivity contribution in [1.29, 1.82) is 0 Å². The number of benzene rings is 1. The Hall–Kier alpha value is -0.680. The van der Waals surface area contributed by atoms with Crippen LogP contribution in [0.15, 0.2) is 41.8 Å². The Bertz CT molecular complexity index is 462. The molecule has 0 aliphatic carbocycles. The molecule has 2 rings (SSSR count). The molecule has 15 heavy (non-hydrogen) atoms. The van der Waals surface area contributed by atoms with E-state index in [4.69, 9.17) is 0 Å². The Morgan fingerprint density at radius 1 is 1.27 bits per heavy atom. The fraction of sp³-hybridized carbons (Fsp3) is 0.0833. The van der Waals surface area contributed by atoms with Crippen molar-refractivity contribution in [3.63, 3.8) is 0 Å². The summed E-state index contributed by atoms with van der Waals surface area (Å²) in [6.45, 7) is 0. The molecular formula is C12H9IOS. The number of thiophene rings is 1. The molecule has 0 saturated carbocycles. The lowest BCUT2D eigenvalue weighted by Gasteiger charge is -1.99. The van der Waals surface area contributed by atoms with Crippen LogP contribution in [0.4, 0.5) is 0 Å². The first-order chi connectivity index (χ1) is 7.25. The van der Waals surface area contributed by atoms with E-state index in [-0.39, 0.29) is 5.78 Å². The first-order valence-electron chi connectivity index (χ1n) is 4.57. The highest BCUT2D eigenvalue weighted by molar-refractivity contribution is 14.1. The smallest absolute Gasteiger partial charge is 0.168 e. The van der Waals surface area contributed by atoms with Gasteiger partial charge in [0.15, 0.2) is 5.78 Å². The maximum atomic E-state index is 11.9. The van der Waals surface area contributed by atoms with E-state index in [1.54, 1.807) is 11.3 Å².